The SMILES string of the molecule is CCCCCCCCCCNCCC(=O)NC(CC)C(=O)N(C)C1C(=O)NC(C)C(=O)NC(C(=O)NC(C)C(=O)COC(C)=O)Cc2ccc(O)c(c2)-c2cc1ccc2OCCN. The Morgan fingerprint density at radius 2 is 1.60 bits per heavy atom. The summed E-state index contributed by atoms with van der Waals surface area (Å²) in [6, 6.07) is 3.46. The van der Waals surface area contributed by atoms with Crippen molar-refractivity contribution in [1.29, 1.82) is 0 Å². The van der Waals surface area contributed by atoms with Crippen molar-refractivity contribution in [2.24, 2.45) is 5.73 Å². The quantitative estimate of drug-likeness (QED) is 0.0594. The monoisotopic (exact) mass is 880 g/mol. The molecule has 0 radical (unpaired) electrons. The van der Waals surface area contributed by atoms with Crippen LogP contribution in [0.4, 0.5) is 0 Å². The van der Waals surface area contributed by atoms with E-state index in [2.05, 4.69) is 33.5 Å². The fourth-order valence-electron chi connectivity index (χ4n) is 7.18. The zero-order valence-corrected chi connectivity index (χ0v) is 37.8. The van der Waals surface area contributed by atoms with Crippen LogP contribution in [0.5, 0.6) is 11.5 Å². The molecule has 0 aliphatic carbocycles. The molecule has 5 atom stereocenters. The minimum atomic E-state index is -1.36. The molecular formula is C46H69N7O10. The summed E-state index contributed by atoms with van der Waals surface area (Å²) in [6.07, 6.45) is 9.91. The Kier molecular flexibility index (Phi) is 22.0. The summed E-state index contributed by atoms with van der Waals surface area (Å²) in [5, 5.41) is 25.3. The first-order chi connectivity index (χ1) is 30.1. The molecule has 5 amide bonds. The molecule has 348 valence electrons. The fraction of sp³-hybridized carbons (Fsp3) is 0.587. The smallest absolute Gasteiger partial charge is 0.303 e. The van der Waals surface area contributed by atoms with Crippen LogP contribution in [-0.4, -0.2) is 115 Å². The molecule has 1 aliphatic heterocycles. The van der Waals surface area contributed by atoms with Gasteiger partial charge in [0.15, 0.2) is 12.4 Å². The third-order valence-electron chi connectivity index (χ3n) is 10.9. The molecule has 1 heterocycles. The number of ketones is 1. The van der Waals surface area contributed by atoms with Gasteiger partial charge >= 0.3 is 5.97 Å². The van der Waals surface area contributed by atoms with Gasteiger partial charge in [-0.2, -0.15) is 0 Å². The van der Waals surface area contributed by atoms with E-state index in [0.717, 1.165) is 26.3 Å². The largest absolute Gasteiger partial charge is 0.507 e. The number of nitrogens with one attached hydrogen (secondary N) is 5. The minimum Gasteiger partial charge on any atom is -0.507 e. The fourth-order valence-corrected chi connectivity index (χ4v) is 7.18. The van der Waals surface area contributed by atoms with Gasteiger partial charge < -0.3 is 51.8 Å². The van der Waals surface area contributed by atoms with Crippen LogP contribution >= 0.6 is 0 Å². The standard InChI is InChI=1S/C46H69N7O10/c1-7-9-10-11-12-13-14-15-22-48-23-20-41(57)51-36(8-2)46(61)53(6)42-33-17-19-40(62-24-21-47)35(27-33)34-25-32(16-18-38(34)55)26-37(52-43(58)30(4)50-45(42)60)44(59)49-29(3)39(56)28-63-31(5)54/h16-19,25,27,29-30,36-37,42,48,55H,7-15,20-24,26,28,47H2,1-6H3,(H,49,59)(H,50,60)(H,51,57)(H,52,58). The van der Waals surface area contributed by atoms with E-state index < -0.39 is 72.2 Å². The molecule has 2 aromatic carbocycles. The molecule has 5 unspecified atom stereocenters. The molecule has 0 fully saturated rings. The van der Waals surface area contributed by atoms with Gasteiger partial charge in [-0.3, -0.25) is 33.6 Å². The normalized spacial score (nSPS) is 17.2. The molecule has 2 aromatic rings. The lowest BCUT2D eigenvalue weighted by atomic mass is 9.93. The van der Waals surface area contributed by atoms with Crippen molar-refractivity contribution < 1.29 is 48.1 Å². The van der Waals surface area contributed by atoms with E-state index in [1.165, 1.54) is 70.4 Å². The zero-order chi connectivity index (χ0) is 46.5. The molecule has 17 heteroatoms. The number of hydrogen-bond acceptors (Lipinski definition) is 12. The number of rotatable bonds is 24. The third-order valence-corrected chi connectivity index (χ3v) is 10.9. The van der Waals surface area contributed by atoms with Crippen LogP contribution in [0.15, 0.2) is 36.4 Å². The number of likely N-dealkylation sites (N-methyl/N-ethyl adjacent to an activating group) is 1. The van der Waals surface area contributed by atoms with Crippen molar-refractivity contribution in [2.45, 2.75) is 135 Å². The summed E-state index contributed by atoms with van der Waals surface area (Å²) in [7, 11) is 1.43. The number of aromatic hydroxyl groups is 1. The van der Waals surface area contributed by atoms with Crippen LogP contribution < -0.4 is 37.1 Å². The number of nitrogens with zero attached hydrogens (tertiary/aromatic N) is 1. The predicted octanol–water partition coefficient (Wildman–Crippen LogP) is 3.09. The van der Waals surface area contributed by atoms with Gasteiger partial charge in [0.05, 0.1) is 6.04 Å². The van der Waals surface area contributed by atoms with Gasteiger partial charge in [0.1, 0.15) is 42.3 Å². The second-order valence-electron chi connectivity index (χ2n) is 16.1. The summed E-state index contributed by atoms with van der Waals surface area (Å²) in [5.74, 6) is -4.23. The highest BCUT2D eigenvalue weighted by molar-refractivity contribution is 5.97. The van der Waals surface area contributed by atoms with Crippen molar-refractivity contribution in [3.63, 3.8) is 0 Å². The zero-order valence-electron chi connectivity index (χ0n) is 37.8. The first kappa shape index (κ1) is 51.8. The second-order valence-corrected chi connectivity index (χ2v) is 16.1. The highest BCUT2D eigenvalue weighted by Gasteiger charge is 2.36. The molecule has 1 aliphatic rings. The van der Waals surface area contributed by atoms with Gasteiger partial charge in [-0.05, 0) is 68.6 Å². The van der Waals surface area contributed by atoms with Gasteiger partial charge in [0.25, 0.3) is 0 Å². The van der Waals surface area contributed by atoms with Gasteiger partial charge in [-0.15, -0.1) is 0 Å². The minimum absolute atomic E-state index is 0.103. The van der Waals surface area contributed by atoms with Crippen LogP contribution in [0.25, 0.3) is 11.1 Å². The lowest BCUT2D eigenvalue weighted by molar-refractivity contribution is -0.146. The number of nitrogens with two attached hydrogens (primary N) is 1. The van der Waals surface area contributed by atoms with Crippen LogP contribution in [0.2, 0.25) is 0 Å². The number of amides is 5. The van der Waals surface area contributed by atoms with Crippen molar-refractivity contribution in [1.82, 2.24) is 31.5 Å². The summed E-state index contributed by atoms with van der Waals surface area (Å²) >= 11 is 0. The Labute approximate surface area is 371 Å². The van der Waals surface area contributed by atoms with Crippen molar-refractivity contribution >= 4 is 41.3 Å². The molecule has 0 saturated carbocycles. The maximum atomic E-state index is 14.4. The first-order valence-corrected chi connectivity index (χ1v) is 22.2. The Morgan fingerprint density at radius 1 is 0.905 bits per heavy atom. The molecule has 4 bridgehead atoms. The molecule has 8 N–H and O–H groups in total. The van der Waals surface area contributed by atoms with Crippen molar-refractivity contribution in [3.8, 4) is 22.6 Å². The molecule has 0 saturated heterocycles. The van der Waals surface area contributed by atoms with Crippen LogP contribution in [0.1, 0.15) is 116 Å². The molecule has 0 spiro atoms. The Balaban J connectivity index is 1.91. The summed E-state index contributed by atoms with van der Waals surface area (Å²) < 4.78 is 10.8. The average Bonchev–Trinajstić information content (AvgIpc) is 3.25. The summed E-state index contributed by atoms with van der Waals surface area (Å²) in [5.41, 5.74) is 7.18. The van der Waals surface area contributed by atoms with E-state index in [4.69, 9.17) is 15.2 Å². The number of carbonyl (C=O) groups excluding carboxylic acids is 7. The van der Waals surface area contributed by atoms with Gasteiger partial charge in [0.2, 0.25) is 29.5 Å². The number of fused-ring (bicyclic) bond motifs is 5. The Hall–Kier alpha value is -5.55. The molecule has 63 heavy (non-hydrogen) atoms. The van der Waals surface area contributed by atoms with Gasteiger partial charge in [-0.25, -0.2) is 0 Å². The molecule has 17 nitrogen and oxygen atoms in total. The van der Waals surface area contributed by atoms with E-state index in [1.807, 2.05) is 0 Å². The number of esters is 1. The third kappa shape index (κ3) is 16.6. The van der Waals surface area contributed by atoms with Crippen molar-refractivity contribution in [3.05, 3.63) is 47.5 Å². The Bertz CT molecular complexity index is 1870. The molecule has 0 aromatic heterocycles. The number of hydrogen-bond donors (Lipinski definition) is 7. The predicted molar refractivity (Wildman–Crippen MR) is 238 cm³/mol. The van der Waals surface area contributed by atoms with Crippen LogP contribution in [0.3, 0.4) is 0 Å². The number of Topliss-reactive ketones (excluding diaryl/α,β-unsaturated/α-hetero) is 1. The number of carbonyl (C=O) groups is 7. The lowest BCUT2D eigenvalue weighted by Crippen LogP contribution is -2.57. The lowest BCUT2D eigenvalue weighted by Gasteiger charge is -2.32. The van der Waals surface area contributed by atoms with Crippen LogP contribution in [0, 0.1) is 0 Å². The first-order valence-electron chi connectivity index (χ1n) is 22.2. The second kappa shape index (κ2) is 26.8. The number of phenols is 1. The Morgan fingerprint density at radius 3 is 2.27 bits per heavy atom. The number of ether oxygens (including phenoxy) is 2. The van der Waals surface area contributed by atoms with E-state index in [-0.39, 0.29) is 49.6 Å². The topological polar surface area (TPSA) is 248 Å². The van der Waals surface area contributed by atoms with Crippen molar-refractivity contribution in [2.75, 3.05) is 39.9 Å². The number of benzene rings is 2. The van der Waals surface area contributed by atoms with E-state index in [1.54, 1.807) is 37.3 Å². The van der Waals surface area contributed by atoms with Gasteiger partial charge in [-0.1, -0.05) is 70.9 Å². The average molecular weight is 880 g/mol. The maximum absolute atomic E-state index is 14.4. The highest BCUT2D eigenvalue weighted by atomic mass is 16.5. The molecular weight excluding hydrogens is 811 g/mol. The summed E-state index contributed by atoms with van der Waals surface area (Å²) in [4.78, 5) is 94.2. The van der Waals surface area contributed by atoms with E-state index >= 15 is 0 Å². The van der Waals surface area contributed by atoms with Gasteiger partial charge in [0, 0.05) is 51.0 Å². The van der Waals surface area contributed by atoms with E-state index in [9.17, 15) is 38.7 Å². The highest BCUT2D eigenvalue weighted by Crippen LogP contribution is 2.39. The number of phenolic OH excluding ortho intramolecular Hbond substituents is 1. The summed E-state index contributed by atoms with van der Waals surface area (Å²) in [6.45, 7) is 8.89. The van der Waals surface area contributed by atoms with E-state index in [0.29, 0.717) is 29.0 Å². The van der Waals surface area contributed by atoms with Crippen LogP contribution in [-0.2, 0) is 44.7 Å². The maximum Gasteiger partial charge on any atom is 0.303 e. The number of unbranched alkanes of at least 4 members (excludes halogenated alkanes) is 7. The molecule has 3 rings (SSSR count).